The molecule has 1 N–H and O–H groups in total. The van der Waals surface area contributed by atoms with Gasteiger partial charge in [-0.15, -0.1) is 11.3 Å². The zero-order valence-corrected chi connectivity index (χ0v) is 14.6. The number of hydrogen-bond acceptors (Lipinski definition) is 3. The van der Waals surface area contributed by atoms with Gasteiger partial charge in [0.2, 0.25) is 0 Å². The molecule has 0 saturated carbocycles. The summed E-state index contributed by atoms with van der Waals surface area (Å²) in [5, 5.41) is 5.62. The van der Waals surface area contributed by atoms with Gasteiger partial charge in [-0.2, -0.15) is 0 Å². The summed E-state index contributed by atoms with van der Waals surface area (Å²) in [5.41, 5.74) is 5.01. The maximum atomic E-state index is 5.58. The number of nitrogens with one attached hydrogen (secondary N) is 1. The summed E-state index contributed by atoms with van der Waals surface area (Å²) in [6.45, 7) is 4.24. The lowest BCUT2D eigenvalue weighted by molar-refractivity contribution is 0.404. The molecule has 0 fully saturated rings. The molecule has 0 radical (unpaired) electrons. The summed E-state index contributed by atoms with van der Waals surface area (Å²) in [4.78, 5) is 0. The Hall–Kier alpha value is -0.590. The second kappa shape index (κ2) is 6.24. The molecule has 2 rings (SSSR count). The van der Waals surface area contributed by atoms with Crippen molar-refractivity contribution in [1.29, 1.82) is 0 Å². The van der Waals surface area contributed by atoms with Crippen molar-refractivity contribution in [2.45, 2.75) is 19.9 Å². The second-order valence-corrected chi connectivity index (χ2v) is 7.41. The smallest absolute Gasteiger partial charge is 0.124 e. The van der Waals surface area contributed by atoms with Crippen LogP contribution in [-0.4, -0.2) is 14.2 Å². The van der Waals surface area contributed by atoms with Crippen LogP contribution in [0.15, 0.2) is 23.6 Å². The van der Waals surface area contributed by atoms with E-state index in [1.165, 1.54) is 25.1 Å². The van der Waals surface area contributed by atoms with E-state index in [0.29, 0.717) is 0 Å². The number of methoxy groups -OCH3 is 1. The van der Waals surface area contributed by atoms with Gasteiger partial charge in [-0.05, 0) is 77.7 Å². The van der Waals surface area contributed by atoms with Crippen LogP contribution >= 0.6 is 33.9 Å². The van der Waals surface area contributed by atoms with Crippen LogP contribution in [0.2, 0.25) is 0 Å². The molecule has 1 atom stereocenters. The highest BCUT2D eigenvalue weighted by atomic mass is 127. The maximum Gasteiger partial charge on any atom is 0.124 e. The van der Waals surface area contributed by atoms with Gasteiger partial charge >= 0.3 is 0 Å². The van der Waals surface area contributed by atoms with Crippen molar-refractivity contribution < 1.29 is 4.74 Å². The van der Waals surface area contributed by atoms with Gasteiger partial charge in [0.15, 0.2) is 0 Å². The van der Waals surface area contributed by atoms with E-state index >= 15 is 0 Å². The van der Waals surface area contributed by atoms with Crippen molar-refractivity contribution in [1.82, 2.24) is 5.32 Å². The molecular weight excluding hydrogens is 369 g/mol. The molecule has 2 aromatic rings. The minimum Gasteiger partial charge on any atom is -0.496 e. The number of aryl methyl sites for hydroxylation is 2. The SMILES string of the molecule is CNC(c1csc(I)c1)c1c(C)cc(C)cc1OC. The summed E-state index contributed by atoms with van der Waals surface area (Å²) in [7, 11) is 3.73. The predicted octanol–water partition coefficient (Wildman–Crippen LogP) is 4.29. The van der Waals surface area contributed by atoms with Crippen LogP contribution in [0.5, 0.6) is 5.75 Å². The van der Waals surface area contributed by atoms with E-state index in [2.05, 4.69) is 65.3 Å². The Kier molecular flexibility index (Phi) is 4.86. The molecule has 1 heterocycles. The first-order chi connectivity index (χ1) is 9.06. The molecule has 2 nitrogen and oxygen atoms in total. The van der Waals surface area contributed by atoms with Gasteiger partial charge in [-0.3, -0.25) is 0 Å². The molecular formula is C15H18INOS. The van der Waals surface area contributed by atoms with Gasteiger partial charge in [0.1, 0.15) is 5.75 Å². The van der Waals surface area contributed by atoms with Crippen molar-refractivity contribution >= 4 is 33.9 Å². The highest BCUT2D eigenvalue weighted by Crippen LogP contribution is 2.35. The number of ether oxygens (including phenoxy) is 1. The molecule has 0 saturated heterocycles. The molecule has 1 unspecified atom stereocenters. The average molecular weight is 387 g/mol. The lowest BCUT2D eigenvalue weighted by atomic mass is 9.94. The van der Waals surface area contributed by atoms with Crippen LogP contribution < -0.4 is 10.1 Å². The van der Waals surface area contributed by atoms with Crippen LogP contribution in [-0.2, 0) is 0 Å². The van der Waals surface area contributed by atoms with Crippen molar-refractivity contribution in [3.8, 4) is 5.75 Å². The van der Waals surface area contributed by atoms with Crippen LogP contribution in [0.3, 0.4) is 0 Å². The Morgan fingerprint density at radius 2 is 2.00 bits per heavy atom. The lowest BCUT2D eigenvalue weighted by Crippen LogP contribution is -2.19. The minimum atomic E-state index is 0.176. The largest absolute Gasteiger partial charge is 0.496 e. The van der Waals surface area contributed by atoms with Crippen molar-refractivity contribution in [3.05, 3.63) is 48.7 Å². The zero-order valence-electron chi connectivity index (χ0n) is 11.6. The summed E-state index contributed by atoms with van der Waals surface area (Å²) in [6.07, 6.45) is 0. The molecule has 19 heavy (non-hydrogen) atoms. The van der Waals surface area contributed by atoms with Gasteiger partial charge in [0.25, 0.3) is 0 Å². The lowest BCUT2D eigenvalue weighted by Gasteiger charge is -2.21. The average Bonchev–Trinajstić information content (AvgIpc) is 2.78. The van der Waals surface area contributed by atoms with Crippen LogP contribution in [0.25, 0.3) is 0 Å². The van der Waals surface area contributed by atoms with Gasteiger partial charge < -0.3 is 10.1 Å². The van der Waals surface area contributed by atoms with E-state index < -0.39 is 0 Å². The van der Waals surface area contributed by atoms with E-state index in [0.717, 1.165) is 5.75 Å². The molecule has 0 aliphatic rings. The normalized spacial score (nSPS) is 12.5. The van der Waals surface area contributed by atoms with Gasteiger partial charge in [-0.25, -0.2) is 0 Å². The van der Waals surface area contributed by atoms with Gasteiger partial charge in [-0.1, -0.05) is 6.07 Å². The topological polar surface area (TPSA) is 21.3 Å². The van der Waals surface area contributed by atoms with E-state index in [1.807, 2.05) is 7.05 Å². The Labute approximate surface area is 132 Å². The summed E-state index contributed by atoms with van der Waals surface area (Å²) < 4.78 is 6.88. The summed E-state index contributed by atoms with van der Waals surface area (Å²) >= 11 is 4.13. The Bertz CT molecular complexity index is 580. The van der Waals surface area contributed by atoms with E-state index in [9.17, 15) is 0 Å². The van der Waals surface area contributed by atoms with E-state index in [1.54, 1.807) is 18.4 Å². The molecule has 0 aliphatic heterocycles. The number of thiophene rings is 1. The van der Waals surface area contributed by atoms with Crippen molar-refractivity contribution in [2.24, 2.45) is 0 Å². The van der Waals surface area contributed by atoms with E-state index in [4.69, 9.17) is 4.74 Å². The summed E-state index contributed by atoms with van der Waals surface area (Å²) in [5.74, 6) is 0.957. The fourth-order valence-corrected chi connectivity index (χ4v) is 3.83. The highest BCUT2D eigenvalue weighted by molar-refractivity contribution is 14.1. The van der Waals surface area contributed by atoms with Crippen LogP contribution in [0, 0.1) is 16.7 Å². The summed E-state index contributed by atoms with van der Waals surface area (Å²) in [6, 6.07) is 6.71. The number of benzene rings is 1. The quantitative estimate of drug-likeness (QED) is 0.791. The number of rotatable bonds is 4. The monoisotopic (exact) mass is 387 g/mol. The standard InChI is InChI=1S/C15H18INOS/c1-9-5-10(2)14(12(6-9)18-4)15(17-3)11-7-13(16)19-8-11/h5-8,15,17H,1-4H3. The Balaban J connectivity index is 2.55. The van der Waals surface area contributed by atoms with Crippen LogP contribution in [0.1, 0.15) is 28.3 Å². The van der Waals surface area contributed by atoms with Crippen LogP contribution in [0.4, 0.5) is 0 Å². The number of hydrogen-bond donors (Lipinski definition) is 1. The molecule has 0 spiro atoms. The second-order valence-electron chi connectivity index (χ2n) is 4.60. The number of halogens is 1. The molecule has 1 aromatic heterocycles. The van der Waals surface area contributed by atoms with Gasteiger partial charge in [0, 0.05) is 5.56 Å². The third-order valence-electron chi connectivity index (χ3n) is 3.21. The first kappa shape index (κ1) is 14.8. The molecule has 102 valence electrons. The van der Waals surface area contributed by atoms with Crippen molar-refractivity contribution in [2.75, 3.05) is 14.2 Å². The third-order valence-corrected chi connectivity index (χ3v) is 5.02. The predicted molar refractivity (Wildman–Crippen MR) is 90.4 cm³/mol. The molecule has 1 aromatic carbocycles. The molecule has 0 aliphatic carbocycles. The first-order valence-corrected chi connectivity index (χ1v) is 8.09. The highest BCUT2D eigenvalue weighted by Gasteiger charge is 2.20. The minimum absolute atomic E-state index is 0.176. The Morgan fingerprint density at radius 3 is 2.53 bits per heavy atom. The van der Waals surface area contributed by atoms with Gasteiger partial charge in [0.05, 0.1) is 16.0 Å². The fourth-order valence-electron chi connectivity index (χ4n) is 2.43. The van der Waals surface area contributed by atoms with Crippen molar-refractivity contribution in [3.63, 3.8) is 0 Å². The van der Waals surface area contributed by atoms with E-state index in [-0.39, 0.29) is 6.04 Å². The molecule has 0 amide bonds. The fraction of sp³-hybridized carbons (Fsp3) is 0.333. The zero-order chi connectivity index (χ0) is 14.0. The Morgan fingerprint density at radius 1 is 1.26 bits per heavy atom. The molecule has 0 bridgehead atoms. The third kappa shape index (κ3) is 3.12. The first-order valence-electron chi connectivity index (χ1n) is 6.13. The molecule has 4 heteroatoms. The maximum absolute atomic E-state index is 5.58.